The maximum atomic E-state index is 12.4. The summed E-state index contributed by atoms with van der Waals surface area (Å²) in [6, 6.07) is -0.178. The van der Waals surface area contributed by atoms with Gasteiger partial charge in [-0.3, -0.25) is 14.5 Å². The van der Waals surface area contributed by atoms with Crippen molar-refractivity contribution in [2.75, 3.05) is 33.3 Å². The molecule has 20 heavy (non-hydrogen) atoms. The molecule has 1 heterocycles. The maximum absolute atomic E-state index is 12.4. The number of likely N-dealkylation sites (N-methyl/N-ethyl adjacent to an activating group) is 1. The van der Waals surface area contributed by atoms with E-state index in [1.54, 1.807) is 6.92 Å². The Morgan fingerprint density at radius 3 is 2.35 bits per heavy atom. The topological polar surface area (TPSA) is 49.9 Å². The third-order valence-corrected chi connectivity index (χ3v) is 3.91. The van der Waals surface area contributed by atoms with Gasteiger partial charge in [-0.05, 0) is 33.7 Å². The molecule has 0 N–H and O–H groups in total. The molecule has 1 saturated heterocycles. The largest absolute Gasteiger partial charge is 0.466 e. The fourth-order valence-electron chi connectivity index (χ4n) is 2.44. The van der Waals surface area contributed by atoms with Crippen LogP contribution in [0.5, 0.6) is 0 Å². The Labute approximate surface area is 122 Å². The quantitative estimate of drug-likeness (QED) is 0.696. The highest BCUT2D eigenvalue weighted by Crippen LogP contribution is 2.12. The normalized spacial score (nSPS) is 17.7. The Hall–Kier alpha value is -1.10. The number of hydrogen-bond acceptors (Lipinski definition) is 4. The summed E-state index contributed by atoms with van der Waals surface area (Å²) in [6.07, 6.45) is 4.98. The zero-order valence-corrected chi connectivity index (χ0v) is 13.1. The first-order valence-electron chi connectivity index (χ1n) is 7.71. The summed E-state index contributed by atoms with van der Waals surface area (Å²) in [5, 5.41) is 0. The zero-order chi connectivity index (χ0) is 15.0. The molecule has 1 fully saturated rings. The molecule has 1 unspecified atom stereocenters. The van der Waals surface area contributed by atoms with Crippen molar-refractivity contribution in [2.24, 2.45) is 0 Å². The summed E-state index contributed by atoms with van der Waals surface area (Å²) >= 11 is 0. The Balaban J connectivity index is 2.40. The van der Waals surface area contributed by atoms with Gasteiger partial charge in [0.2, 0.25) is 5.91 Å². The predicted molar refractivity (Wildman–Crippen MR) is 78.4 cm³/mol. The van der Waals surface area contributed by atoms with Crippen molar-refractivity contribution in [3.63, 3.8) is 0 Å². The van der Waals surface area contributed by atoms with Crippen LogP contribution in [0.3, 0.4) is 0 Å². The van der Waals surface area contributed by atoms with Gasteiger partial charge in [-0.25, -0.2) is 0 Å². The van der Waals surface area contributed by atoms with E-state index in [0.717, 1.165) is 25.9 Å². The lowest BCUT2D eigenvalue weighted by molar-refractivity contribution is -0.144. The summed E-state index contributed by atoms with van der Waals surface area (Å²) in [5.74, 6) is -0.0213. The van der Waals surface area contributed by atoms with E-state index < -0.39 is 0 Å². The standard InChI is InChI=1S/C15H28N2O3/c1-4-20-14(18)9-12-16(3)13(2)15(19)17-10-7-5-6-8-11-17/h13H,4-12H2,1-3H3. The first-order valence-corrected chi connectivity index (χ1v) is 7.71. The van der Waals surface area contributed by atoms with Gasteiger partial charge in [0.25, 0.3) is 0 Å². The minimum absolute atomic E-state index is 0.178. The van der Waals surface area contributed by atoms with Crippen LogP contribution in [0.25, 0.3) is 0 Å². The average Bonchev–Trinajstić information content (AvgIpc) is 2.72. The van der Waals surface area contributed by atoms with Crippen LogP contribution in [0.1, 0.15) is 46.0 Å². The lowest BCUT2D eigenvalue weighted by atomic mass is 10.2. The molecule has 0 radical (unpaired) electrons. The maximum Gasteiger partial charge on any atom is 0.307 e. The number of hydrogen-bond donors (Lipinski definition) is 0. The van der Waals surface area contributed by atoms with Crippen LogP contribution in [0.2, 0.25) is 0 Å². The monoisotopic (exact) mass is 284 g/mol. The SMILES string of the molecule is CCOC(=O)CCN(C)C(C)C(=O)N1CCCCCC1. The van der Waals surface area contributed by atoms with Crippen molar-refractivity contribution in [3.05, 3.63) is 0 Å². The molecule has 1 aliphatic rings. The number of carbonyl (C=O) groups is 2. The molecule has 0 aliphatic carbocycles. The van der Waals surface area contributed by atoms with E-state index in [1.165, 1.54) is 12.8 Å². The Morgan fingerprint density at radius 1 is 1.20 bits per heavy atom. The highest BCUT2D eigenvalue weighted by molar-refractivity contribution is 5.81. The molecular weight excluding hydrogens is 256 g/mol. The minimum atomic E-state index is -0.200. The summed E-state index contributed by atoms with van der Waals surface area (Å²) in [7, 11) is 1.89. The molecule has 116 valence electrons. The summed E-state index contributed by atoms with van der Waals surface area (Å²) in [4.78, 5) is 27.7. The van der Waals surface area contributed by atoms with Crippen LogP contribution in [-0.4, -0.2) is 61.0 Å². The smallest absolute Gasteiger partial charge is 0.307 e. The number of ether oxygens (including phenoxy) is 1. The van der Waals surface area contributed by atoms with Crippen molar-refractivity contribution in [1.82, 2.24) is 9.80 Å². The van der Waals surface area contributed by atoms with Gasteiger partial charge in [0, 0.05) is 19.6 Å². The van der Waals surface area contributed by atoms with Crippen molar-refractivity contribution in [3.8, 4) is 0 Å². The number of nitrogens with zero attached hydrogens (tertiary/aromatic N) is 2. The van der Waals surface area contributed by atoms with Gasteiger partial charge in [0.1, 0.15) is 0 Å². The van der Waals surface area contributed by atoms with Crippen LogP contribution in [-0.2, 0) is 14.3 Å². The lowest BCUT2D eigenvalue weighted by Gasteiger charge is -2.29. The second-order valence-electron chi connectivity index (χ2n) is 5.45. The number of amides is 1. The van der Waals surface area contributed by atoms with Gasteiger partial charge in [0.15, 0.2) is 0 Å². The van der Waals surface area contributed by atoms with Gasteiger partial charge in [0.05, 0.1) is 19.1 Å². The van der Waals surface area contributed by atoms with Crippen LogP contribution >= 0.6 is 0 Å². The molecule has 0 bridgehead atoms. The van der Waals surface area contributed by atoms with E-state index in [0.29, 0.717) is 19.6 Å². The summed E-state index contributed by atoms with van der Waals surface area (Å²) in [6.45, 7) is 6.42. The number of rotatable bonds is 6. The van der Waals surface area contributed by atoms with Crippen molar-refractivity contribution in [1.29, 1.82) is 0 Å². The molecule has 0 aromatic rings. The van der Waals surface area contributed by atoms with E-state index in [2.05, 4.69) is 0 Å². The van der Waals surface area contributed by atoms with Crippen LogP contribution in [0.15, 0.2) is 0 Å². The predicted octanol–water partition coefficient (Wildman–Crippen LogP) is 1.66. The Kier molecular flexibility index (Phi) is 7.59. The fraction of sp³-hybridized carbons (Fsp3) is 0.867. The van der Waals surface area contributed by atoms with Gasteiger partial charge >= 0.3 is 5.97 Å². The van der Waals surface area contributed by atoms with E-state index in [9.17, 15) is 9.59 Å². The minimum Gasteiger partial charge on any atom is -0.466 e. The third-order valence-electron chi connectivity index (χ3n) is 3.91. The molecule has 1 atom stereocenters. The van der Waals surface area contributed by atoms with Crippen molar-refractivity contribution in [2.45, 2.75) is 52.0 Å². The van der Waals surface area contributed by atoms with Gasteiger partial charge in [-0.15, -0.1) is 0 Å². The van der Waals surface area contributed by atoms with E-state index in [4.69, 9.17) is 4.74 Å². The second-order valence-corrected chi connectivity index (χ2v) is 5.45. The first kappa shape index (κ1) is 17.0. The van der Waals surface area contributed by atoms with Gasteiger partial charge in [-0.2, -0.15) is 0 Å². The van der Waals surface area contributed by atoms with Crippen molar-refractivity contribution < 1.29 is 14.3 Å². The van der Waals surface area contributed by atoms with Crippen LogP contribution in [0.4, 0.5) is 0 Å². The van der Waals surface area contributed by atoms with E-state index in [-0.39, 0.29) is 17.9 Å². The highest BCUT2D eigenvalue weighted by Gasteiger charge is 2.24. The summed E-state index contributed by atoms with van der Waals surface area (Å²) < 4.78 is 4.90. The molecule has 0 aromatic carbocycles. The van der Waals surface area contributed by atoms with Crippen molar-refractivity contribution >= 4 is 11.9 Å². The molecule has 0 aromatic heterocycles. The van der Waals surface area contributed by atoms with Gasteiger partial charge in [-0.1, -0.05) is 12.8 Å². The lowest BCUT2D eigenvalue weighted by Crippen LogP contribution is -2.46. The molecule has 0 saturated carbocycles. The fourth-order valence-corrected chi connectivity index (χ4v) is 2.44. The molecular formula is C15H28N2O3. The third kappa shape index (κ3) is 5.49. The van der Waals surface area contributed by atoms with E-state index >= 15 is 0 Å². The Bertz CT molecular complexity index is 312. The second kappa shape index (κ2) is 8.95. The molecule has 1 rings (SSSR count). The average molecular weight is 284 g/mol. The first-order chi connectivity index (χ1) is 9.56. The molecule has 1 amide bonds. The zero-order valence-electron chi connectivity index (χ0n) is 13.1. The number of carbonyl (C=O) groups excluding carboxylic acids is 2. The highest BCUT2D eigenvalue weighted by atomic mass is 16.5. The Morgan fingerprint density at radius 2 is 1.80 bits per heavy atom. The van der Waals surface area contributed by atoms with Gasteiger partial charge < -0.3 is 9.64 Å². The molecule has 0 spiro atoms. The van der Waals surface area contributed by atoms with Crippen LogP contribution in [0, 0.1) is 0 Å². The van der Waals surface area contributed by atoms with Crippen LogP contribution < -0.4 is 0 Å². The molecule has 5 nitrogen and oxygen atoms in total. The summed E-state index contributed by atoms with van der Waals surface area (Å²) in [5.41, 5.74) is 0. The number of likely N-dealkylation sites (tertiary alicyclic amines) is 1. The molecule has 5 heteroatoms. The number of esters is 1. The molecule has 1 aliphatic heterocycles. The van der Waals surface area contributed by atoms with E-state index in [1.807, 2.05) is 23.8 Å².